The molecule has 0 radical (unpaired) electrons. The number of nitrogens with two attached hydrogens (primary N) is 1. The van der Waals surface area contributed by atoms with Crippen molar-refractivity contribution in [2.45, 2.75) is 13.5 Å². The number of hydrogen-bond donors (Lipinski definition) is 1. The number of nitrogen functional groups attached to an aromatic ring is 1. The fraction of sp³-hybridized carbons (Fsp3) is 0.143. The summed E-state index contributed by atoms with van der Waals surface area (Å²) in [6, 6.07) is 6.06. The van der Waals surface area contributed by atoms with Gasteiger partial charge in [-0.05, 0) is 46.6 Å². The molecule has 0 spiro atoms. The summed E-state index contributed by atoms with van der Waals surface area (Å²) in [6.07, 6.45) is 1.63. The molecule has 20 heavy (non-hydrogen) atoms. The number of carbonyl (C=O) groups excluding carboxylic acids is 1. The highest BCUT2D eigenvalue weighted by atomic mass is 79.9. The number of benzene rings is 1. The number of aryl methyl sites for hydroxylation is 1. The number of ether oxygens (including phenoxy) is 1. The second-order valence-electron chi connectivity index (χ2n) is 4.20. The van der Waals surface area contributed by atoms with E-state index in [1.165, 1.54) is 6.07 Å². The SMILES string of the molecule is Cc1cccnc1COC(=O)c1cc(N)c(F)cc1Br. The molecule has 0 aliphatic heterocycles. The summed E-state index contributed by atoms with van der Waals surface area (Å²) < 4.78 is 18.7. The van der Waals surface area contributed by atoms with Gasteiger partial charge in [-0.1, -0.05) is 6.07 Å². The molecule has 0 unspecified atom stereocenters. The number of rotatable bonds is 3. The van der Waals surface area contributed by atoms with Crippen molar-refractivity contribution in [3.05, 3.63) is 57.6 Å². The summed E-state index contributed by atoms with van der Waals surface area (Å²) in [7, 11) is 0. The zero-order valence-corrected chi connectivity index (χ0v) is 12.3. The maximum atomic E-state index is 13.2. The molecule has 0 fully saturated rings. The number of aromatic nitrogens is 1. The first-order valence-corrected chi connectivity index (χ1v) is 6.60. The summed E-state index contributed by atoms with van der Waals surface area (Å²) >= 11 is 3.11. The van der Waals surface area contributed by atoms with Crippen LogP contribution in [0.5, 0.6) is 0 Å². The average Bonchev–Trinajstić information content (AvgIpc) is 2.41. The van der Waals surface area contributed by atoms with E-state index in [-0.39, 0.29) is 17.9 Å². The third kappa shape index (κ3) is 3.14. The van der Waals surface area contributed by atoms with E-state index >= 15 is 0 Å². The van der Waals surface area contributed by atoms with Crippen LogP contribution >= 0.6 is 15.9 Å². The van der Waals surface area contributed by atoms with Crippen LogP contribution in [-0.2, 0) is 11.3 Å². The molecule has 2 aromatic rings. The smallest absolute Gasteiger partial charge is 0.339 e. The number of anilines is 1. The molecular formula is C14H12BrFN2O2. The fourth-order valence-corrected chi connectivity index (χ4v) is 2.08. The van der Waals surface area contributed by atoms with E-state index in [4.69, 9.17) is 10.5 Å². The Balaban J connectivity index is 2.13. The van der Waals surface area contributed by atoms with Crippen LogP contribution < -0.4 is 5.73 Å². The molecule has 104 valence electrons. The first kappa shape index (κ1) is 14.5. The van der Waals surface area contributed by atoms with Gasteiger partial charge in [-0.15, -0.1) is 0 Å². The van der Waals surface area contributed by atoms with Gasteiger partial charge in [-0.2, -0.15) is 0 Å². The Morgan fingerprint density at radius 2 is 2.25 bits per heavy atom. The van der Waals surface area contributed by atoms with Crippen LogP contribution in [-0.4, -0.2) is 11.0 Å². The van der Waals surface area contributed by atoms with Crippen molar-refractivity contribution in [3.63, 3.8) is 0 Å². The van der Waals surface area contributed by atoms with E-state index in [1.54, 1.807) is 12.3 Å². The summed E-state index contributed by atoms with van der Waals surface area (Å²) in [6.45, 7) is 1.93. The van der Waals surface area contributed by atoms with Crippen LogP contribution in [0.25, 0.3) is 0 Å². The van der Waals surface area contributed by atoms with Gasteiger partial charge in [0.1, 0.15) is 12.4 Å². The first-order chi connectivity index (χ1) is 9.49. The van der Waals surface area contributed by atoms with Gasteiger partial charge in [0.2, 0.25) is 0 Å². The summed E-state index contributed by atoms with van der Waals surface area (Å²) in [5, 5.41) is 0. The molecule has 6 heteroatoms. The minimum atomic E-state index is -0.589. The molecule has 1 heterocycles. The van der Waals surface area contributed by atoms with Gasteiger partial charge in [-0.25, -0.2) is 9.18 Å². The number of halogens is 2. The molecule has 0 aliphatic rings. The second kappa shape index (κ2) is 6.00. The predicted molar refractivity (Wildman–Crippen MR) is 76.6 cm³/mol. The summed E-state index contributed by atoms with van der Waals surface area (Å²) in [5.41, 5.74) is 7.12. The number of carbonyl (C=O) groups is 1. The lowest BCUT2D eigenvalue weighted by molar-refractivity contribution is 0.0466. The molecular weight excluding hydrogens is 327 g/mol. The number of nitrogens with zero attached hydrogens (tertiary/aromatic N) is 1. The molecule has 2 N–H and O–H groups in total. The fourth-order valence-electron chi connectivity index (χ4n) is 1.60. The van der Waals surface area contributed by atoms with Crippen molar-refractivity contribution >= 4 is 27.6 Å². The van der Waals surface area contributed by atoms with E-state index in [0.717, 1.165) is 11.6 Å². The molecule has 0 bridgehead atoms. The van der Waals surface area contributed by atoms with Gasteiger partial charge in [0.05, 0.1) is 16.9 Å². The van der Waals surface area contributed by atoms with Crippen molar-refractivity contribution in [1.29, 1.82) is 0 Å². The van der Waals surface area contributed by atoms with Crippen molar-refractivity contribution in [3.8, 4) is 0 Å². The molecule has 0 saturated carbocycles. The van der Waals surface area contributed by atoms with E-state index in [9.17, 15) is 9.18 Å². The highest BCUT2D eigenvalue weighted by Gasteiger charge is 2.15. The Hall–Kier alpha value is -1.95. The predicted octanol–water partition coefficient (Wildman–Crippen LogP) is 3.23. The van der Waals surface area contributed by atoms with E-state index in [1.807, 2.05) is 13.0 Å². The van der Waals surface area contributed by atoms with Crippen molar-refractivity contribution in [1.82, 2.24) is 4.98 Å². The normalized spacial score (nSPS) is 10.3. The van der Waals surface area contributed by atoms with Crippen molar-refractivity contribution in [2.24, 2.45) is 0 Å². The highest BCUT2D eigenvalue weighted by Crippen LogP contribution is 2.23. The average molecular weight is 339 g/mol. The van der Waals surface area contributed by atoms with E-state index < -0.39 is 11.8 Å². The van der Waals surface area contributed by atoms with Gasteiger partial charge in [0, 0.05) is 10.7 Å². The Morgan fingerprint density at radius 1 is 1.50 bits per heavy atom. The quantitative estimate of drug-likeness (QED) is 0.689. The number of esters is 1. The molecule has 0 aliphatic carbocycles. The maximum Gasteiger partial charge on any atom is 0.339 e. The van der Waals surface area contributed by atoms with Crippen LogP contribution in [0.1, 0.15) is 21.6 Å². The lowest BCUT2D eigenvalue weighted by atomic mass is 10.2. The zero-order chi connectivity index (χ0) is 14.7. The van der Waals surface area contributed by atoms with Crippen LogP contribution in [0.2, 0.25) is 0 Å². The lowest BCUT2D eigenvalue weighted by Crippen LogP contribution is -2.09. The monoisotopic (exact) mass is 338 g/mol. The Bertz CT molecular complexity index is 662. The van der Waals surface area contributed by atoms with Gasteiger partial charge >= 0.3 is 5.97 Å². The Morgan fingerprint density at radius 3 is 2.95 bits per heavy atom. The first-order valence-electron chi connectivity index (χ1n) is 5.81. The van der Waals surface area contributed by atoms with Crippen LogP contribution in [0.4, 0.5) is 10.1 Å². The van der Waals surface area contributed by atoms with Crippen molar-refractivity contribution < 1.29 is 13.9 Å². The van der Waals surface area contributed by atoms with Gasteiger partial charge in [0.25, 0.3) is 0 Å². The Kier molecular flexibility index (Phi) is 4.34. The molecule has 1 aromatic carbocycles. The van der Waals surface area contributed by atoms with Crippen LogP contribution in [0.3, 0.4) is 0 Å². The third-order valence-corrected chi connectivity index (χ3v) is 3.42. The van der Waals surface area contributed by atoms with Gasteiger partial charge in [-0.3, -0.25) is 4.98 Å². The zero-order valence-electron chi connectivity index (χ0n) is 10.7. The minimum Gasteiger partial charge on any atom is -0.456 e. The van der Waals surface area contributed by atoms with Crippen LogP contribution in [0, 0.1) is 12.7 Å². The molecule has 2 rings (SSSR count). The second-order valence-corrected chi connectivity index (χ2v) is 5.05. The number of hydrogen-bond acceptors (Lipinski definition) is 4. The molecule has 0 saturated heterocycles. The minimum absolute atomic E-state index is 0.0508. The molecule has 0 atom stereocenters. The maximum absolute atomic E-state index is 13.2. The standard InChI is InChI=1S/C14H12BrFN2O2/c1-8-3-2-4-18-13(8)7-20-14(19)9-5-12(17)11(16)6-10(9)15/h2-6H,7,17H2,1H3. The molecule has 4 nitrogen and oxygen atoms in total. The Labute approximate surface area is 123 Å². The largest absolute Gasteiger partial charge is 0.456 e. The summed E-state index contributed by atoms with van der Waals surface area (Å²) in [4.78, 5) is 16.1. The number of pyridine rings is 1. The molecule has 1 aromatic heterocycles. The van der Waals surface area contributed by atoms with Crippen molar-refractivity contribution in [2.75, 3.05) is 5.73 Å². The van der Waals surface area contributed by atoms with Gasteiger partial charge in [0.15, 0.2) is 0 Å². The van der Waals surface area contributed by atoms with E-state index in [0.29, 0.717) is 10.2 Å². The highest BCUT2D eigenvalue weighted by molar-refractivity contribution is 9.10. The van der Waals surface area contributed by atoms with Gasteiger partial charge < -0.3 is 10.5 Å². The molecule has 0 amide bonds. The lowest BCUT2D eigenvalue weighted by Gasteiger charge is -2.08. The third-order valence-electron chi connectivity index (χ3n) is 2.76. The van der Waals surface area contributed by atoms with Crippen LogP contribution in [0.15, 0.2) is 34.9 Å². The summed E-state index contributed by atoms with van der Waals surface area (Å²) in [5.74, 6) is -1.18. The topological polar surface area (TPSA) is 65.2 Å². The van der Waals surface area contributed by atoms with E-state index in [2.05, 4.69) is 20.9 Å².